The van der Waals surface area contributed by atoms with E-state index in [4.69, 9.17) is 4.42 Å². The number of sulfone groups is 1. The number of nitrogens with one attached hydrogen (secondary N) is 3. The zero-order valence-corrected chi connectivity index (χ0v) is 21.1. The first-order valence-electron chi connectivity index (χ1n) is 11.7. The van der Waals surface area contributed by atoms with Crippen molar-refractivity contribution in [1.82, 2.24) is 24.8 Å². The van der Waals surface area contributed by atoms with Crippen LogP contribution in [0.5, 0.6) is 0 Å². The predicted molar refractivity (Wildman–Crippen MR) is 138 cm³/mol. The fourth-order valence-electron chi connectivity index (χ4n) is 4.70. The van der Waals surface area contributed by atoms with Crippen LogP contribution in [0.2, 0.25) is 0 Å². The number of fused-ring (bicyclic) bond motifs is 3. The lowest BCUT2D eigenvalue weighted by atomic mass is 10.1. The van der Waals surface area contributed by atoms with Gasteiger partial charge >= 0.3 is 11.7 Å². The van der Waals surface area contributed by atoms with Gasteiger partial charge in [0.1, 0.15) is 11.8 Å². The number of aromatic carboxylic acids is 1. The molecular formula is C25H20N6O7S. The van der Waals surface area contributed by atoms with Crippen LogP contribution in [0.15, 0.2) is 63.0 Å². The number of anilines is 1. The normalized spacial score (nSPS) is 15.9. The molecule has 198 valence electrons. The number of nitrogens with zero attached hydrogens (tertiary/aromatic N) is 3. The quantitative estimate of drug-likeness (QED) is 0.244. The summed E-state index contributed by atoms with van der Waals surface area (Å²) in [5.74, 6) is -2.42. The van der Waals surface area contributed by atoms with Crippen molar-refractivity contribution in [2.24, 2.45) is 7.05 Å². The van der Waals surface area contributed by atoms with Crippen LogP contribution < -0.4 is 16.4 Å². The van der Waals surface area contributed by atoms with Gasteiger partial charge in [0, 0.05) is 19.8 Å². The Balaban J connectivity index is 1.24. The molecule has 1 unspecified atom stereocenters. The van der Waals surface area contributed by atoms with Gasteiger partial charge in [-0.05, 0) is 35.4 Å². The van der Waals surface area contributed by atoms with E-state index < -0.39 is 33.5 Å². The SMILES string of the molecule is Cn1c(=O)oc2ccc(CNC(=O)c3ncnc4c(NC5CS(=O)(=O)c6cc(C(=O)O)ccc65)c[nH]c34)cc21. The second-order valence-corrected chi connectivity index (χ2v) is 11.1. The van der Waals surface area contributed by atoms with E-state index in [1.54, 1.807) is 31.4 Å². The number of aryl methyl sites for hydroxylation is 1. The number of aromatic nitrogens is 4. The Bertz CT molecular complexity index is 1990. The van der Waals surface area contributed by atoms with Crippen molar-refractivity contribution in [3.8, 4) is 0 Å². The summed E-state index contributed by atoms with van der Waals surface area (Å²) in [6.45, 7) is 0.167. The lowest BCUT2D eigenvalue weighted by Gasteiger charge is -2.13. The summed E-state index contributed by atoms with van der Waals surface area (Å²) in [5.41, 5.74) is 3.44. The summed E-state index contributed by atoms with van der Waals surface area (Å²) < 4.78 is 31.9. The van der Waals surface area contributed by atoms with Crippen molar-refractivity contribution in [3.05, 3.63) is 81.9 Å². The Morgan fingerprint density at radius 2 is 2.03 bits per heavy atom. The Morgan fingerprint density at radius 1 is 1.21 bits per heavy atom. The fraction of sp³-hybridized carbons (Fsp3) is 0.160. The van der Waals surface area contributed by atoms with Crippen LogP contribution in [-0.2, 0) is 23.4 Å². The van der Waals surface area contributed by atoms with Crippen molar-refractivity contribution in [2.75, 3.05) is 11.1 Å². The van der Waals surface area contributed by atoms with Gasteiger partial charge in [0.15, 0.2) is 21.1 Å². The van der Waals surface area contributed by atoms with Crippen LogP contribution in [0.4, 0.5) is 5.69 Å². The summed E-state index contributed by atoms with van der Waals surface area (Å²) in [4.78, 5) is 47.4. The fourth-order valence-corrected chi connectivity index (χ4v) is 6.46. The number of hydrogen-bond acceptors (Lipinski definition) is 9. The molecule has 4 N–H and O–H groups in total. The van der Waals surface area contributed by atoms with Crippen molar-refractivity contribution in [3.63, 3.8) is 0 Å². The number of aromatic amines is 1. The molecule has 0 radical (unpaired) electrons. The Kier molecular flexibility index (Phi) is 5.50. The van der Waals surface area contributed by atoms with Gasteiger partial charge in [-0.2, -0.15) is 0 Å². The number of carbonyl (C=O) groups is 2. The van der Waals surface area contributed by atoms with Crippen molar-refractivity contribution in [1.29, 1.82) is 0 Å². The maximum atomic E-state index is 13.0. The van der Waals surface area contributed by atoms with Gasteiger partial charge in [0.2, 0.25) is 0 Å². The van der Waals surface area contributed by atoms with Crippen LogP contribution in [0.3, 0.4) is 0 Å². The highest BCUT2D eigenvalue weighted by Gasteiger charge is 2.36. The molecule has 1 atom stereocenters. The summed E-state index contributed by atoms with van der Waals surface area (Å²) in [6.07, 6.45) is 2.81. The van der Waals surface area contributed by atoms with Gasteiger partial charge in [-0.1, -0.05) is 12.1 Å². The summed E-state index contributed by atoms with van der Waals surface area (Å²) in [5, 5.41) is 15.2. The topological polar surface area (TPSA) is 189 Å². The van der Waals surface area contributed by atoms with Gasteiger partial charge in [-0.3, -0.25) is 9.36 Å². The molecule has 0 saturated carbocycles. The molecule has 14 heteroatoms. The first kappa shape index (κ1) is 24.4. The Labute approximate surface area is 219 Å². The number of benzene rings is 2. The van der Waals surface area contributed by atoms with Crippen molar-refractivity contribution >= 4 is 49.5 Å². The van der Waals surface area contributed by atoms with E-state index in [2.05, 4.69) is 25.6 Å². The molecule has 2 aromatic carbocycles. The molecule has 6 rings (SSSR count). The summed E-state index contributed by atoms with van der Waals surface area (Å²) in [6, 6.07) is 8.52. The van der Waals surface area contributed by atoms with E-state index in [0.717, 1.165) is 5.56 Å². The van der Waals surface area contributed by atoms with Crippen LogP contribution >= 0.6 is 0 Å². The molecule has 0 bridgehead atoms. The van der Waals surface area contributed by atoms with Gasteiger partial charge in [-0.25, -0.2) is 28.0 Å². The third-order valence-electron chi connectivity index (χ3n) is 6.67. The monoisotopic (exact) mass is 548 g/mol. The van der Waals surface area contributed by atoms with Crippen LogP contribution in [-0.4, -0.2) is 50.7 Å². The first-order chi connectivity index (χ1) is 18.6. The van der Waals surface area contributed by atoms with Crippen LogP contribution in [0.25, 0.3) is 22.1 Å². The molecule has 0 saturated heterocycles. The van der Waals surface area contributed by atoms with E-state index in [-0.39, 0.29) is 28.5 Å². The van der Waals surface area contributed by atoms with Crippen molar-refractivity contribution in [2.45, 2.75) is 17.5 Å². The molecule has 3 aromatic heterocycles. The van der Waals surface area contributed by atoms with E-state index in [0.29, 0.717) is 33.4 Å². The third kappa shape index (κ3) is 4.10. The first-order valence-corrected chi connectivity index (χ1v) is 13.3. The number of rotatable bonds is 6. The largest absolute Gasteiger partial charge is 0.478 e. The zero-order valence-electron chi connectivity index (χ0n) is 20.3. The molecule has 5 aromatic rings. The Hall–Kier alpha value is -4.98. The molecule has 39 heavy (non-hydrogen) atoms. The number of carbonyl (C=O) groups excluding carboxylic acids is 1. The predicted octanol–water partition coefficient (Wildman–Crippen LogP) is 1.97. The molecule has 4 heterocycles. The van der Waals surface area contributed by atoms with Gasteiger partial charge < -0.3 is 25.1 Å². The molecule has 1 aliphatic heterocycles. The van der Waals surface area contributed by atoms with E-state index >= 15 is 0 Å². The molecule has 0 fully saturated rings. The number of amides is 1. The van der Waals surface area contributed by atoms with Crippen LogP contribution in [0.1, 0.15) is 38.0 Å². The maximum Gasteiger partial charge on any atom is 0.419 e. The lowest BCUT2D eigenvalue weighted by Crippen LogP contribution is -2.24. The Morgan fingerprint density at radius 3 is 2.82 bits per heavy atom. The third-order valence-corrected chi connectivity index (χ3v) is 8.47. The average molecular weight is 549 g/mol. The minimum atomic E-state index is -3.70. The number of carboxylic acids is 1. The highest BCUT2D eigenvalue weighted by molar-refractivity contribution is 7.91. The lowest BCUT2D eigenvalue weighted by molar-refractivity contribution is 0.0696. The highest BCUT2D eigenvalue weighted by atomic mass is 32.2. The van der Waals surface area contributed by atoms with E-state index in [1.807, 2.05) is 0 Å². The number of hydrogen-bond donors (Lipinski definition) is 4. The minimum absolute atomic E-state index is 0.0249. The van der Waals surface area contributed by atoms with Gasteiger partial charge in [0.25, 0.3) is 5.91 Å². The molecule has 1 amide bonds. The second-order valence-electron chi connectivity index (χ2n) is 9.10. The molecule has 0 aliphatic carbocycles. The van der Waals surface area contributed by atoms with Crippen LogP contribution in [0, 0.1) is 0 Å². The molecule has 1 aliphatic rings. The number of H-pyrrole nitrogens is 1. The van der Waals surface area contributed by atoms with E-state index in [1.165, 1.54) is 29.1 Å². The molecule has 13 nitrogen and oxygen atoms in total. The average Bonchev–Trinajstić information content (AvgIpc) is 3.54. The second kappa shape index (κ2) is 8.80. The molecular weight excluding hydrogens is 528 g/mol. The highest BCUT2D eigenvalue weighted by Crippen LogP contribution is 2.37. The number of oxazole rings is 1. The number of carboxylic acid groups (broad SMARTS) is 1. The molecule has 0 spiro atoms. The van der Waals surface area contributed by atoms with Gasteiger partial charge in [-0.15, -0.1) is 0 Å². The van der Waals surface area contributed by atoms with E-state index in [9.17, 15) is 27.9 Å². The minimum Gasteiger partial charge on any atom is -0.478 e. The zero-order chi connectivity index (χ0) is 27.5. The van der Waals surface area contributed by atoms with Gasteiger partial charge in [0.05, 0.1) is 39.0 Å². The maximum absolute atomic E-state index is 13.0. The van der Waals surface area contributed by atoms with Crippen molar-refractivity contribution < 1.29 is 27.5 Å². The standard InChI is InChI=1S/C25H20N6O7S/c1-31-17-6-12(2-5-18(17)38-25(31)35)8-27-23(32)22-21-20(28-11-29-22)15(9-26-21)30-16-10-39(36,37)19-7-13(24(33)34)3-4-14(16)19/h2-7,9,11,16,26,30H,8,10H2,1H3,(H,27,32)(H,33,34). The summed E-state index contributed by atoms with van der Waals surface area (Å²) in [7, 11) is -2.10. The summed E-state index contributed by atoms with van der Waals surface area (Å²) >= 11 is 0. The smallest absolute Gasteiger partial charge is 0.419 e.